The number of hydrogen-bond donors (Lipinski definition) is 3. The van der Waals surface area contributed by atoms with Crippen LogP contribution in [-0.4, -0.2) is 28.4 Å². The quantitative estimate of drug-likeness (QED) is 0.392. The molecule has 0 aromatic heterocycles. The summed E-state index contributed by atoms with van der Waals surface area (Å²) in [4.78, 5) is 10.0. The second-order valence-electron chi connectivity index (χ2n) is 4.13. The summed E-state index contributed by atoms with van der Waals surface area (Å²) in [5.41, 5.74) is 1.22. The van der Waals surface area contributed by atoms with Crippen LogP contribution >= 0.6 is 0 Å². The Morgan fingerprint density at radius 1 is 1.53 bits per heavy atom. The Kier molecular flexibility index (Phi) is 5.69. The zero-order valence-electron chi connectivity index (χ0n) is 10.6. The van der Waals surface area contributed by atoms with E-state index in [2.05, 4.69) is 5.32 Å². The SMILES string of the molecule is CC(C(O)/C(C=N)=C/NCc1ccccc1)[N+](=O)[O-]. The highest BCUT2D eigenvalue weighted by Gasteiger charge is 2.26. The van der Waals surface area contributed by atoms with Crippen molar-refractivity contribution in [2.75, 3.05) is 0 Å². The maximum atomic E-state index is 10.6. The third kappa shape index (κ3) is 4.51. The molecule has 3 N–H and O–H groups in total. The zero-order chi connectivity index (χ0) is 14.3. The van der Waals surface area contributed by atoms with Crippen LogP contribution in [0.1, 0.15) is 12.5 Å². The lowest BCUT2D eigenvalue weighted by atomic mass is 10.1. The molecule has 0 saturated heterocycles. The molecular weight excluding hydrogens is 246 g/mol. The van der Waals surface area contributed by atoms with E-state index in [1.807, 2.05) is 30.3 Å². The summed E-state index contributed by atoms with van der Waals surface area (Å²) in [6.07, 6.45) is 1.06. The molecule has 0 radical (unpaired) electrons. The first-order valence-corrected chi connectivity index (χ1v) is 5.85. The first-order chi connectivity index (χ1) is 9.06. The van der Waals surface area contributed by atoms with Gasteiger partial charge in [0.05, 0.1) is 0 Å². The number of nitrogens with one attached hydrogen (secondary N) is 2. The molecule has 6 heteroatoms. The average Bonchev–Trinajstić information content (AvgIpc) is 2.43. The average molecular weight is 263 g/mol. The molecule has 2 unspecified atom stereocenters. The molecule has 0 heterocycles. The first-order valence-electron chi connectivity index (χ1n) is 5.85. The molecule has 0 amide bonds. The Hall–Kier alpha value is -2.21. The highest BCUT2D eigenvalue weighted by molar-refractivity contribution is 5.77. The van der Waals surface area contributed by atoms with E-state index in [1.54, 1.807) is 0 Å². The first kappa shape index (κ1) is 14.8. The van der Waals surface area contributed by atoms with Crippen LogP contribution in [0.25, 0.3) is 0 Å². The fourth-order valence-corrected chi connectivity index (χ4v) is 1.49. The van der Waals surface area contributed by atoms with Crippen molar-refractivity contribution in [3.05, 3.63) is 57.8 Å². The van der Waals surface area contributed by atoms with Gasteiger partial charge >= 0.3 is 0 Å². The molecule has 0 fully saturated rings. The van der Waals surface area contributed by atoms with Crippen LogP contribution in [0.4, 0.5) is 0 Å². The van der Waals surface area contributed by atoms with Gasteiger partial charge in [0, 0.05) is 36.4 Å². The maximum Gasteiger partial charge on any atom is 0.240 e. The van der Waals surface area contributed by atoms with Crippen LogP contribution in [0.2, 0.25) is 0 Å². The van der Waals surface area contributed by atoms with Crippen LogP contribution in [0.3, 0.4) is 0 Å². The Balaban J connectivity index is 2.62. The molecule has 1 rings (SSSR count). The van der Waals surface area contributed by atoms with Crippen molar-refractivity contribution >= 4 is 6.21 Å². The van der Waals surface area contributed by atoms with E-state index in [1.165, 1.54) is 13.1 Å². The second-order valence-corrected chi connectivity index (χ2v) is 4.13. The van der Waals surface area contributed by atoms with Gasteiger partial charge in [-0.15, -0.1) is 0 Å². The number of aliphatic hydroxyl groups is 1. The van der Waals surface area contributed by atoms with E-state index in [-0.39, 0.29) is 5.57 Å². The third-order valence-corrected chi connectivity index (χ3v) is 2.72. The number of hydrogen-bond acceptors (Lipinski definition) is 5. The minimum atomic E-state index is -1.30. The van der Waals surface area contributed by atoms with E-state index in [0.717, 1.165) is 11.8 Å². The molecular formula is C13H17N3O3. The minimum Gasteiger partial charge on any atom is -0.386 e. The van der Waals surface area contributed by atoms with E-state index in [0.29, 0.717) is 6.54 Å². The highest BCUT2D eigenvalue weighted by atomic mass is 16.6. The van der Waals surface area contributed by atoms with Crippen molar-refractivity contribution in [2.24, 2.45) is 0 Å². The van der Waals surface area contributed by atoms with Gasteiger partial charge < -0.3 is 15.8 Å². The lowest BCUT2D eigenvalue weighted by Gasteiger charge is -2.13. The molecule has 0 saturated carbocycles. The van der Waals surface area contributed by atoms with Crippen LogP contribution in [0.15, 0.2) is 42.1 Å². The van der Waals surface area contributed by atoms with Crippen molar-refractivity contribution in [3.8, 4) is 0 Å². The molecule has 1 aromatic carbocycles. The summed E-state index contributed by atoms with van der Waals surface area (Å²) in [5.74, 6) is 0. The number of nitrogens with zero attached hydrogens (tertiary/aromatic N) is 1. The number of rotatable bonds is 7. The van der Waals surface area contributed by atoms with E-state index < -0.39 is 17.1 Å². The molecule has 0 aliphatic heterocycles. The van der Waals surface area contributed by atoms with Crippen molar-refractivity contribution in [1.82, 2.24) is 5.32 Å². The van der Waals surface area contributed by atoms with Gasteiger partial charge in [-0.05, 0) is 5.56 Å². The van der Waals surface area contributed by atoms with E-state index in [9.17, 15) is 15.2 Å². The van der Waals surface area contributed by atoms with E-state index in [4.69, 9.17) is 5.41 Å². The van der Waals surface area contributed by atoms with Gasteiger partial charge in [0.2, 0.25) is 6.04 Å². The molecule has 0 aliphatic rings. The summed E-state index contributed by atoms with van der Waals surface area (Å²) in [7, 11) is 0. The molecule has 1 aromatic rings. The number of nitro groups is 1. The van der Waals surface area contributed by atoms with Crippen LogP contribution in [0, 0.1) is 15.5 Å². The monoisotopic (exact) mass is 263 g/mol. The fourth-order valence-electron chi connectivity index (χ4n) is 1.49. The standard InChI is InChI=1S/C13H17N3O3/c1-10(16(18)19)13(17)12(7-14)9-15-8-11-5-3-2-4-6-11/h2-7,9-10,13-15,17H,8H2,1H3/b12-9+,14-7?. The van der Waals surface area contributed by atoms with Crippen LogP contribution in [-0.2, 0) is 6.54 Å². The van der Waals surface area contributed by atoms with Gasteiger partial charge in [-0.1, -0.05) is 30.3 Å². The second kappa shape index (κ2) is 7.27. The summed E-state index contributed by atoms with van der Waals surface area (Å²) >= 11 is 0. The summed E-state index contributed by atoms with van der Waals surface area (Å²) in [6.45, 7) is 1.83. The Morgan fingerprint density at radius 2 is 2.16 bits per heavy atom. The Labute approximate surface area is 111 Å². The molecule has 0 spiro atoms. The molecule has 102 valence electrons. The van der Waals surface area contributed by atoms with Gasteiger partial charge in [-0.25, -0.2) is 0 Å². The predicted molar refractivity (Wildman–Crippen MR) is 72.6 cm³/mol. The Bertz CT molecular complexity index is 459. The summed E-state index contributed by atoms with van der Waals surface area (Å²) in [6, 6.07) is 8.43. The molecule has 0 bridgehead atoms. The van der Waals surface area contributed by atoms with Crippen LogP contribution < -0.4 is 5.32 Å². The van der Waals surface area contributed by atoms with Gasteiger partial charge in [0.25, 0.3) is 0 Å². The fraction of sp³-hybridized carbons (Fsp3) is 0.308. The smallest absolute Gasteiger partial charge is 0.240 e. The topological polar surface area (TPSA) is 99.2 Å². The maximum absolute atomic E-state index is 10.6. The summed E-state index contributed by atoms with van der Waals surface area (Å²) < 4.78 is 0. The number of benzene rings is 1. The predicted octanol–water partition coefficient (Wildman–Crippen LogP) is 1.34. The lowest BCUT2D eigenvalue weighted by molar-refractivity contribution is -0.527. The van der Waals surface area contributed by atoms with Gasteiger partial charge in [-0.3, -0.25) is 10.1 Å². The minimum absolute atomic E-state index is 0.181. The Morgan fingerprint density at radius 3 is 2.68 bits per heavy atom. The van der Waals surface area contributed by atoms with Crippen molar-refractivity contribution in [2.45, 2.75) is 25.6 Å². The highest BCUT2D eigenvalue weighted by Crippen LogP contribution is 2.07. The van der Waals surface area contributed by atoms with Gasteiger partial charge in [0.15, 0.2) is 0 Å². The summed E-state index contributed by atoms with van der Waals surface area (Å²) in [5, 5.41) is 30.4. The zero-order valence-corrected chi connectivity index (χ0v) is 10.6. The molecule has 2 atom stereocenters. The normalized spacial score (nSPS) is 14.5. The van der Waals surface area contributed by atoms with Crippen molar-refractivity contribution in [1.29, 1.82) is 5.41 Å². The van der Waals surface area contributed by atoms with Crippen molar-refractivity contribution in [3.63, 3.8) is 0 Å². The van der Waals surface area contributed by atoms with E-state index >= 15 is 0 Å². The largest absolute Gasteiger partial charge is 0.386 e. The molecule has 0 aliphatic carbocycles. The van der Waals surface area contributed by atoms with Crippen LogP contribution in [0.5, 0.6) is 0 Å². The third-order valence-electron chi connectivity index (χ3n) is 2.72. The molecule has 6 nitrogen and oxygen atoms in total. The molecule has 19 heavy (non-hydrogen) atoms. The van der Waals surface area contributed by atoms with Gasteiger partial charge in [-0.2, -0.15) is 0 Å². The number of aliphatic hydroxyl groups excluding tert-OH is 1. The van der Waals surface area contributed by atoms with Gasteiger partial charge in [0.1, 0.15) is 6.10 Å². The lowest BCUT2D eigenvalue weighted by Crippen LogP contribution is -2.33. The van der Waals surface area contributed by atoms with Crippen molar-refractivity contribution < 1.29 is 10.0 Å².